The fourth-order valence-electron chi connectivity index (χ4n) is 2.05. The van der Waals surface area contributed by atoms with Gasteiger partial charge in [0.2, 0.25) is 0 Å². The van der Waals surface area contributed by atoms with E-state index in [4.69, 9.17) is 0 Å². The number of anilines is 2. The van der Waals surface area contributed by atoms with Gasteiger partial charge in [0, 0.05) is 17.8 Å². The van der Waals surface area contributed by atoms with Gasteiger partial charge in [-0.15, -0.1) is 0 Å². The maximum atomic E-state index is 12.6. The van der Waals surface area contributed by atoms with E-state index in [1.807, 2.05) is 13.8 Å². The summed E-state index contributed by atoms with van der Waals surface area (Å²) in [6.07, 6.45) is -3.53. The highest BCUT2D eigenvalue weighted by Crippen LogP contribution is 2.29. The molecule has 2 rings (SSSR count). The van der Waals surface area contributed by atoms with Gasteiger partial charge in [-0.3, -0.25) is 4.79 Å². The second kappa shape index (κ2) is 7.50. The summed E-state index contributed by atoms with van der Waals surface area (Å²) in [5.74, 6) is 0.433. The number of aryl methyl sites for hydroxylation is 1. The van der Waals surface area contributed by atoms with Crippen molar-refractivity contribution in [3.05, 3.63) is 47.4 Å². The van der Waals surface area contributed by atoms with Gasteiger partial charge in [-0.2, -0.15) is 13.2 Å². The summed E-state index contributed by atoms with van der Waals surface area (Å²) in [5, 5.41) is 5.69. The zero-order chi connectivity index (χ0) is 18.6. The number of halogens is 3. The monoisotopic (exact) mass is 352 g/mol. The first kappa shape index (κ1) is 18.7. The highest BCUT2D eigenvalue weighted by atomic mass is 19.4. The molecule has 0 fully saturated rings. The Hall–Kier alpha value is -2.64. The third-order valence-corrected chi connectivity index (χ3v) is 3.55. The van der Waals surface area contributed by atoms with Gasteiger partial charge in [0.15, 0.2) is 0 Å². The van der Waals surface area contributed by atoms with Crippen LogP contribution in [0.5, 0.6) is 0 Å². The highest BCUT2D eigenvalue weighted by molar-refractivity contribution is 6.03. The molecular formula is C17H19F3N4O. The molecule has 0 aliphatic rings. The molecule has 0 saturated carbocycles. The summed E-state index contributed by atoms with van der Waals surface area (Å²) >= 11 is 0. The molecule has 1 aromatic heterocycles. The predicted octanol–water partition coefficient (Wildman–Crippen LogP) is 4.27. The molecule has 8 heteroatoms. The van der Waals surface area contributed by atoms with Crippen molar-refractivity contribution in [2.45, 2.75) is 39.4 Å². The van der Waals surface area contributed by atoms with Crippen LogP contribution in [0.2, 0.25) is 0 Å². The van der Waals surface area contributed by atoms with E-state index in [2.05, 4.69) is 20.6 Å². The minimum atomic E-state index is -4.41. The molecule has 0 aliphatic carbocycles. The number of rotatable bonds is 5. The average molecular weight is 352 g/mol. The number of nitrogens with zero attached hydrogens (tertiary/aromatic N) is 2. The topological polar surface area (TPSA) is 66.9 Å². The van der Waals surface area contributed by atoms with Crippen molar-refractivity contribution in [3.63, 3.8) is 0 Å². The van der Waals surface area contributed by atoms with Crippen LogP contribution in [0.3, 0.4) is 0 Å². The van der Waals surface area contributed by atoms with Crippen LogP contribution >= 0.6 is 0 Å². The van der Waals surface area contributed by atoms with Gasteiger partial charge in [-0.05, 0) is 44.5 Å². The van der Waals surface area contributed by atoms with Gasteiger partial charge in [0.1, 0.15) is 17.3 Å². The Balaban J connectivity index is 2.15. The summed E-state index contributed by atoms with van der Waals surface area (Å²) in [5.41, 5.74) is -0.382. The minimum absolute atomic E-state index is 0.137. The number of hydrogen-bond acceptors (Lipinski definition) is 4. The smallest absolute Gasteiger partial charge is 0.368 e. The first-order valence-electron chi connectivity index (χ1n) is 7.80. The Morgan fingerprint density at radius 3 is 2.40 bits per heavy atom. The van der Waals surface area contributed by atoms with Crippen LogP contribution in [0.25, 0.3) is 0 Å². The lowest BCUT2D eigenvalue weighted by atomic mass is 10.2. The van der Waals surface area contributed by atoms with Gasteiger partial charge in [0.25, 0.3) is 5.91 Å². The number of benzene rings is 1. The molecule has 1 aromatic carbocycles. The first-order chi connectivity index (χ1) is 11.7. The third kappa shape index (κ3) is 5.17. The molecule has 1 amide bonds. The standard InChI is InChI=1S/C17H19F3N4O/c1-4-10(2)21-15-9-14(22-11(3)23-15)16(25)24-13-7-5-12(6-8-13)17(18,19)20/h5-10H,4H2,1-3H3,(H,24,25)(H,21,22,23). The SMILES string of the molecule is CCC(C)Nc1cc(C(=O)Nc2ccc(C(F)(F)F)cc2)nc(C)n1. The fourth-order valence-corrected chi connectivity index (χ4v) is 2.05. The zero-order valence-corrected chi connectivity index (χ0v) is 14.1. The molecule has 0 spiro atoms. The molecule has 134 valence electrons. The minimum Gasteiger partial charge on any atom is -0.368 e. The van der Waals surface area contributed by atoms with Gasteiger partial charge >= 0.3 is 6.18 Å². The molecule has 0 saturated heterocycles. The van der Waals surface area contributed by atoms with Crippen molar-refractivity contribution in [3.8, 4) is 0 Å². The van der Waals surface area contributed by atoms with Crippen molar-refractivity contribution in [2.24, 2.45) is 0 Å². The maximum absolute atomic E-state index is 12.6. The number of carbonyl (C=O) groups is 1. The first-order valence-corrected chi connectivity index (χ1v) is 7.80. The number of alkyl halides is 3. The van der Waals surface area contributed by atoms with Crippen LogP contribution in [-0.4, -0.2) is 21.9 Å². The van der Waals surface area contributed by atoms with E-state index in [1.165, 1.54) is 18.2 Å². The number of hydrogen-bond donors (Lipinski definition) is 2. The van der Waals surface area contributed by atoms with Crippen molar-refractivity contribution >= 4 is 17.4 Å². The summed E-state index contributed by atoms with van der Waals surface area (Å²) < 4.78 is 37.7. The van der Waals surface area contributed by atoms with Crippen molar-refractivity contribution in [1.29, 1.82) is 0 Å². The van der Waals surface area contributed by atoms with E-state index < -0.39 is 17.6 Å². The van der Waals surface area contributed by atoms with E-state index in [9.17, 15) is 18.0 Å². The molecule has 1 heterocycles. The Bertz CT molecular complexity index is 745. The lowest BCUT2D eigenvalue weighted by Gasteiger charge is -2.13. The van der Waals surface area contributed by atoms with Crippen LogP contribution in [-0.2, 0) is 6.18 Å². The molecule has 5 nitrogen and oxygen atoms in total. The van der Waals surface area contributed by atoms with Crippen molar-refractivity contribution in [1.82, 2.24) is 9.97 Å². The van der Waals surface area contributed by atoms with Crippen LogP contribution in [0.1, 0.15) is 42.1 Å². The summed E-state index contributed by atoms with van der Waals surface area (Å²) in [4.78, 5) is 20.6. The molecule has 0 bridgehead atoms. The lowest BCUT2D eigenvalue weighted by Crippen LogP contribution is -2.18. The second-order valence-electron chi connectivity index (χ2n) is 5.67. The van der Waals surface area contributed by atoms with E-state index in [-0.39, 0.29) is 17.4 Å². The van der Waals surface area contributed by atoms with Gasteiger partial charge in [0.05, 0.1) is 5.56 Å². The summed E-state index contributed by atoms with van der Waals surface area (Å²) in [6, 6.07) is 5.92. The maximum Gasteiger partial charge on any atom is 0.416 e. The van der Waals surface area contributed by atoms with Crippen LogP contribution in [0, 0.1) is 6.92 Å². The molecule has 2 N–H and O–H groups in total. The van der Waals surface area contributed by atoms with Crippen LogP contribution in [0.15, 0.2) is 30.3 Å². The Morgan fingerprint density at radius 1 is 1.20 bits per heavy atom. The van der Waals surface area contributed by atoms with E-state index in [0.29, 0.717) is 11.6 Å². The van der Waals surface area contributed by atoms with E-state index in [0.717, 1.165) is 18.6 Å². The predicted molar refractivity (Wildman–Crippen MR) is 89.5 cm³/mol. The fraction of sp³-hybridized carbons (Fsp3) is 0.353. The van der Waals surface area contributed by atoms with Crippen molar-refractivity contribution < 1.29 is 18.0 Å². The number of aromatic nitrogens is 2. The molecule has 1 atom stereocenters. The molecular weight excluding hydrogens is 333 g/mol. The normalized spacial score (nSPS) is 12.6. The quantitative estimate of drug-likeness (QED) is 0.843. The third-order valence-electron chi connectivity index (χ3n) is 3.55. The molecule has 2 aromatic rings. The van der Waals surface area contributed by atoms with Gasteiger partial charge < -0.3 is 10.6 Å². The van der Waals surface area contributed by atoms with E-state index >= 15 is 0 Å². The van der Waals surface area contributed by atoms with Gasteiger partial charge in [-0.25, -0.2) is 9.97 Å². The summed E-state index contributed by atoms with van der Waals surface area (Å²) in [7, 11) is 0. The molecule has 25 heavy (non-hydrogen) atoms. The molecule has 1 unspecified atom stereocenters. The average Bonchev–Trinajstić information content (AvgIpc) is 2.53. The Morgan fingerprint density at radius 2 is 1.84 bits per heavy atom. The zero-order valence-electron chi connectivity index (χ0n) is 14.1. The number of amides is 1. The van der Waals surface area contributed by atoms with Crippen LogP contribution < -0.4 is 10.6 Å². The largest absolute Gasteiger partial charge is 0.416 e. The molecule has 0 radical (unpaired) electrons. The van der Waals surface area contributed by atoms with E-state index in [1.54, 1.807) is 6.92 Å². The Kier molecular flexibility index (Phi) is 5.61. The second-order valence-corrected chi connectivity index (χ2v) is 5.67. The number of nitrogens with one attached hydrogen (secondary N) is 2. The van der Waals surface area contributed by atoms with Gasteiger partial charge in [-0.1, -0.05) is 6.92 Å². The molecule has 0 aliphatic heterocycles. The Labute approximate surface area is 143 Å². The number of carbonyl (C=O) groups excluding carboxylic acids is 1. The summed E-state index contributed by atoms with van der Waals surface area (Å²) in [6.45, 7) is 5.67. The van der Waals surface area contributed by atoms with Crippen molar-refractivity contribution in [2.75, 3.05) is 10.6 Å². The lowest BCUT2D eigenvalue weighted by molar-refractivity contribution is -0.137. The van der Waals surface area contributed by atoms with Crippen LogP contribution in [0.4, 0.5) is 24.7 Å². The highest BCUT2D eigenvalue weighted by Gasteiger charge is 2.30.